The monoisotopic (exact) mass is 272 g/mol. The largest absolute Gasteiger partial charge is 0.344 e. The van der Waals surface area contributed by atoms with Gasteiger partial charge >= 0.3 is 0 Å². The molecule has 0 fully saturated rings. The van der Waals surface area contributed by atoms with Crippen LogP contribution < -0.4 is 5.32 Å². The standard InChI is InChI=1S/C9H9ClN4O2S/c1-5-6(9(10)16-13-5)2-3-7(15)12-8-4-11-14-17-8/h4H,2-3H2,1H3,(H,12,15). The highest BCUT2D eigenvalue weighted by Gasteiger charge is 2.13. The number of nitrogens with zero attached hydrogens (tertiary/aromatic N) is 3. The van der Waals surface area contributed by atoms with E-state index in [-0.39, 0.29) is 11.1 Å². The van der Waals surface area contributed by atoms with Gasteiger partial charge in [0.2, 0.25) is 11.1 Å². The number of carbonyl (C=O) groups excluding carboxylic acids is 1. The molecule has 2 rings (SSSR count). The highest BCUT2D eigenvalue weighted by atomic mass is 35.5. The van der Waals surface area contributed by atoms with Crippen LogP contribution in [0.2, 0.25) is 5.22 Å². The molecular formula is C9H9ClN4O2S. The van der Waals surface area contributed by atoms with E-state index < -0.39 is 0 Å². The summed E-state index contributed by atoms with van der Waals surface area (Å²) in [5, 5.41) is 10.9. The zero-order valence-corrected chi connectivity index (χ0v) is 10.5. The number of amides is 1. The van der Waals surface area contributed by atoms with Gasteiger partial charge < -0.3 is 9.84 Å². The van der Waals surface area contributed by atoms with Gasteiger partial charge in [0.15, 0.2) is 0 Å². The Labute approximate surface area is 106 Å². The van der Waals surface area contributed by atoms with Gasteiger partial charge in [-0.2, -0.15) is 0 Å². The summed E-state index contributed by atoms with van der Waals surface area (Å²) in [4.78, 5) is 11.6. The fourth-order valence-corrected chi connectivity index (χ4v) is 2.00. The van der Waals surface area contributed by atoms with Crippen LogP contribution in [-0.4, -0.2) is 20.7 Å². The number of anilines is 1. The summed E-state index contributed by atoms with van der Waals surface area (Å²) in [5.41, 5.74) is 1.48. The average molecular weight is 273 g/mol. The van der Waals surface area contributed by atoms with Crippen LogP contribution >= 0.6 is 23.1 Å². The van der Waals surface area contributed by atoms with E-state index >= 15 is 0 Å². The molecule has 2 heterocycles. The lowest BCUT2D eigenvalue weighted by Crippen LogP contribution is -2.11. The Hall–Kier alpha value is -1.47. The zero-order chi connectivity index (χ0) is 12.3. The molecule has 0 unspecified atom stereocenters. The topological polar surface area (TPSA) is 80.9 Å². The second kappa shape index (κ2) is 5.24. The van der Waals surface area contributed by atoms with E-state index in [0.717, 1.165) is 17.1 Å². The Morgan fingerprint density at radius 3 is 3.06 bits per heavy atom. The van der Waals surface area contributed by atoms with Crippen LogP contribution in [0.15, 0.2) is 10.7 Å². The highest BCUT2D eigenvalue weighted by Crippen LogP contribution is 2.20. The molecule has 0 aliphatic rings. The van der Waals surface area contributed by atoms with E-state index in [2.05, 4.69) is 20.1 Å². The van der Waals surface area contributed by atoms with Gasteiger partial charge in [-0.25, -0.2) is 0 Å². The number of aryl methyl sites for hydroxylation is 1. The summed E-state index contributed by atoms with van der Waals surface area (Å²) in [6, 6.07) is 0. The summed E-state index contributed by atoms with van der Waals surface area (Å²) in [6.45, 7) is 1.79. The maximum atomic E-state index is 11.6. The fraction of sp³-hybridized carbons (Fsp3) is 0.333. The maximum absolute atomic E-state index is 11.6. The molecule has 2 aromatic rings. The second-order valence-corrected chi connectivity index (χ2v) is 4.48. The molecule has 0 saturated carbocycles. The minimum atomic E-state index is -0.118. The summed E-state index contributed by atoms with van der Waals surface area (Å²) in [6.07, 6.45) is 2.30. The summed E-state index contributed by atoms with van der Waals surface area (Å²) >= 11 is 6.92. The van der Waals surface area contributed by atoms with Gasteiger partial charge in [-0.15, -0.1) is 5.10 Å². The molecule has 8 heteroatoms. The highest BCUT2D eigenvalue weighted by molar-refractivity contribution is 7.10. The Morgan fingerprint density at radius 1 is 1.65 bits per heavy atom. The molecule has 6 nitrogen and oxygen atoms in total. The predicted molar refractivity (Wildman–Crippen MR) is 63.1 cm³/mol. The Morgan fingerprint density at radius 2 is 2.47 bits per heavy atom. The minimum Gasteiger partial charge on any atom is -0.344 e. The molecule has 1 amide bonds. The van der Waals surface area contributed by atoms with Crippen molar-refractivity contribution >= 4 is 34.0 Å². The van der Waals surface area contributed by atoms with Crippen molar-refractivity contribution < 1.29 is 9.32 Å². The molecule has 0 aliphatic carbocycles. The summed E-state index contributed by atoms with van der Waals surface area (Å²) in [5.74, 6) is -0.118. The van der Waals surface area contributed by atoms with E-state index in [9.17, 15) is 4.79 Å². The normalized spacial score (nSPS) is 10.5. The van der Waals surface area contributed by atoms with E-state index in [4.69, 9.17) is 16.1 Å². The number of halogens is 1. The molecule has 17 heavy (non-hydrogen) atoms. The summed E-state index contributed by atoms with van der Waals surface area (Å²) in [7, 11) is 0. The van der Waals surface area contributed by atoms with Gasteiger partial charge in [-0.1, -0.05) is 9.64 Å². The van der Waals surface area contributed by atoms with Crippen LogP contribution in [0.1, 0.15) is 17.7 Å². The Bertz CT molecular complexity index is 492. The zero-order valence-electron chi connectivity index (χ0n) is 8.94. The molecular weight excluding hydrogens is 264 g/mol. The number of nitrogens with one attached hydrogen (secondary N) is 1. The first-order chi connectivity index (χ1) is 8.16. The van der Waals surface area contributed by atoms with Crippen LogP contribution in [0.3, 0.4) is 0 Å². The average Bonchev–Trinajstić information content (AvgIpc) is 2.88. The number of hydrogen-bond donors (Lipinski definition) is 1. The van der Waals surface area contributed by atoms with Crippen LogP contribution in [0, 0.1) is 6.92 Å². The van der Waals surface area contributed by atoms with Gasteiger partial charge in [-0.3, -0.25) is 4.79 Å². The molecule has 0 atom stereocenters. The number of aromatic nitrogens is 3. The van der Waals surface area contributed by atoms with Crippen molar-refractivity contribution in [1.82, 2.24) is 14.7 Å². The van der Waals surface area contributed by atoms with Crippen LogP contribution in [0.25, 0.3) is 0 Å². The first kappa shape index (κ1) is 12.0. The second-order valence-electron chi connectivity index (χ2n) is 3.35. The smallest absolute Gasteiger partial charge is 0.229 e. The van der Waals surface area contributed by atoms with Crippen molar-refractivity contribution in [3.63, 3.8) is 0 Å². The third kappa shape index (κ3) is 3.01. The van der Waals surface area contributed by atoms with Crippen molar-refractivity contribution in [3.8, 4) is 0 Å². The van der Waals surface area contributed by atoms with Gasteiger partial charge in [0, 0.05) is 23.5 Å². The number of hydrogen-bond acceptors (Lipinski definition) is 6. The Balaban J connectivity index is 1.88. The lowest BCUT2D eigenvalue weighted by molar-refractivity contribution is -0.116. The first-order valence-electron chi connectivity index (χ1n) is 4.84. The number of rotatable bonds is 4. The van der Waals surface area contributed by atoms with Gasteiger partial charge in [0.05, 0.1) is 11.9 Å². The third-order valence-corrected chi connectivity index (χ3v) is 3.04. The molecule has 90 valence electrons. The van der Waals surface area contributed by atoms with Crippen LogP contribution in [0.4, 0.5) is 5.00 Å². The molecule has 0 spiro atoms. The van der Waals surface area contributed by atoms with Gasteiger partial charge in [0.1, 0.15) is 5.00 Å². The predicted octanol–water partition coefficient (Wildman–Crippen LogP) is 2.06. The molecule has 0 aliphatic heterocycles. The third-order valence-electron chi connectivity index (χ3n) is 2.16. The first-order valence-corrected chi connectivity index (χ1v) is 6.00. The molecule has 0 radical (unpaired) electrons. The SMILES string of the molecule is Cc1noc(Cl)c1CCC(=O)Nc1cnns1. The van der Waals surface area contributed by atoms with Crippen molar-refractivity contribution in [3.05, 3.63) is 22.7 Å². The molecule has 0 saturated heterocycles. The Kier molecular flexibility index (Phi) is 3.70. The maximum Gasteiger partial charge on any atom is 0.229 e. The fourth-order valence-electron chi connectivity index (χ4n) is 1.30. The molecule has 0 bridgehead atoms. The quantitative estimate of drug-likeness (QED) is 0.921. The van der Waals surface area contributed by atoms with Crippen LogP contribution in [0.5, 0.6) is 0 Å². The summed E-state index contributed by atoms with van der Waals surface area (Å²) < 4.78 is 8.44. The van der Waals surface area contributed by atoms with Gasteiger partial charge in [-0.05, 0) is 24.9 Å². The lowest BCUT2D eigenvalue weighted by Gasteiger charge is -2.00. The number of carbonyl (C=O) groups is 1. The van der Waals surface area contributed by atoms with Crippen molar-refractivity contribution in [1.29, 1.82) is 0 Å². The molecule has 0 aromatic carbocycles. The van der Waals surface area contributed by atoms with E-state index in [1.165, 1.54) is 6.20 Å². The lowest BCUT2D eigenvalue weighted by atomic mass is 10.1. The van der Waals surface area contributed by atoms with E-state index in [1.54, 1.807) is 6.92 Å². The van der Waals surface area contributed by atoms with Crippen LogP contribution in [-0.2, 0) is 11.2 Å². The minimum absolute atomic E-state index is 0.118. The van der Waals surface area contributed by atoms with Gasteiger partial charge in [0.25, 0.3) is 0 Å². The van der Waals surface area contributed by atoms with Crippen molar-refractivity contribution in [2.45, 2.75) is 19.8 Å². The van der Waals surface area contributed by atoms with Crippen molar-refractivity contribution in [2.24, 2.45) is 0 Å². The molecule has 1 N–H and O–H groups in total. The van der Waals surface area contributed by atoms with Crippen molar-refractivity contribution in [2.75, 3.05) is 5.32 Å². The van der Waals surface area contributed by atoms with E-state index in [1.807, 2.05) is 0 Å². The molecule has 2 aromatic heterocycles. The van der Waals surface area contributed by atoms with E-state index in [0.29, 0.717) is 23.5 Å².